The van der Waals surface area contributed by atoms with Crippen LogP contribution in [-0.2, 0) is 0 Å². The fourth-order valence-corrected chi connectivity index (χ4v) is 10.4. The van der Waals surface area contributed by atoms with Gasteiger partial charge in [-0.3, -0.25) is 8.80 Å². The Morgan fingerprint density at radius 2 is 0.833 bits per heavy atom. The Morgan fingerprint density at radius 3 is 1.45 bits per heavy atom. The van der Waals surface area contributed by atoms with E-state index in [-0.39, 0.29) is 0 Å². The highest BCUT2D eigenvalue weighted by Gasteiger charge is 2.18. The molecule has 8 heteroatoms. The molecule has 0 bridgehead atoms. The maximum Gasteiger partial charge on any atom is 0.169 e. The van der Waals surface area contributed by atoms with Gasteiger partial charge in [-0.15, -0.1) is 31.7 Å². The summed E-state index contributed by atoms with van der Waals surface area (Å²) in [4.78, 5) is 0. The van der Waals surface area contributed by atoms with Gasteiger partial charge in [-0.25, -0.2) is 0 Å². The van der Waals surface area contributed by atoms with E-state index >= 15 is 0 Å². The predicted molar refractivity (Wildman–Crippen MR) is 253 cm³/mol. The van der Waals surface area contributed by atoms with Gasteiger partial charge in [0.05, 0.1) is 11.0 Å². The second-order valence-corrected chi connectivity index (χ2v) is 16.8. The summed E-state index contributed by atoms with van der Waals surface area (Å²) in [6.45, 7) is 0. The van der Waals surface area contributed by atoms with Crippen LogP contribution < -0.4 is 0 Å². The first-order valence-electron chi connectivity index (χ1n) is 19.8. The van der Waals surface area contributed by atoms with E-state index in [2.05, 4.69) is 210 Å². The van der Waals surface area contributed by atoms with Crippen molar-refractivity contribution in [3.63, 3.8) is 0 Å². The number of pyridine rings is 2. The van der Waals surface area contributed by atoms with Crippen LogP contribution in [0.5, 0.6) is 0 Å². The molecular weight excluding hydrogens is 821 g/mol. The van der Waals surface area contributed by atoms with Crippen LogP contribution in [0.3, 0.4) is 0 Å². The number of nitrogens with zero attached hydrogens (tertiary/aromatic N) is 6. The molecule has 6 nitrogen and oxygen atoms in total. The van der Waals surface area contributed by atoms with Gasteiger partial charge in [-0.1, -0.05) is 168 Å². The molecule has 0 aliphatic rings. The largest absolute Gasteiger partial charge is 0.274 e. The molecule has 5 aromatic heterocycles. The molecule has 0 fully saturated rings. The Bertz CT molecular complexity index is 3830. The molecular formula is C52H31BrN6S. The first-order chi connectivity index (χ1) is 29.7. The standard InChI is InChI=1S/C32H19N3S.C20H12BrN3/c1-2-14-27-23(11-1)24-12-3-5-17-28(24)35-31(33-34-32(27)35)21-10-7-9-20(19-21)22-15-8-16-26-25-13-4-6-18-29(25)36-30(22)26;21-14-7-5-6-13(12-14)19-22-23-20-17-10-2-1-8-15(17)16-9-3-4-11-18(16)24(19)20/h1-19H;1-12H. The topological polar surface area (TPSA) is 60.4 Å². The number of benzene rings is 8. The summed E-state index contributed by atoms with van der Waals surface area (Å²) < 4.78 is 8.02. The van der Waals surface area contributed by atoms with Crippen molar-refractivity contribution in [3.8, 4) is 33.9 Å². The molecule has 282 valence electrons. The van der Waals surface area contributed by atoms with Gasteiger partial charge in [-0.2, -0.15) is 0 Å². The van der Waals surface area contributed by atoms with E-state index in [0.717, 1.165) is 60.3 Å². The van der Waals surface area contributed by atoms with Gasteiger partial charge in [0.15, 0.2) is 22.9 Å². The van der Waals surface area contributed by atoms with Crippen LogP contribution >= 0.6 is 27.3 Å². The smallest absolute Gasteiger partial charge is 0.169 e. The van der Waals surface area contributed by atoms with Crippen LogP contribution in [0.15, 0.2) is 193 Å². The Labute approximate surface area is 355 Å². The van der Waals surface area contributed by atoms with Crippen molar-refractivity contribution < 1.29 is 0 Å². The monoisotopic (exact) mass is 850 g/mol. The van der Waals surface area contributed by atoms with Crippen LogP contribution in [0.1, 0.15) is 0 Å². The molecule has 0 aliphatic carbocycles. The molecule has 0 spiro atoms. The zero-order chi connectivity index (χ0) is 39.7. The lowest BCUT2D eigenvalue weighted by atomic mass is 10.0. The van der Waals surface area contributed by atoms with E-state index in [1.165, 1.54) is 52.8 Å². The van der Waals surface area contributed by atoms with Gasteiger partial charge in [0.2, 0.25) is 0 Å². The summed E-state index contributed by atoms with van der Waals surface area (Å²) in [7, 11) is 0. The van der Waals surface area contributed by atoms with Gasteiger partial charge in [0, 0.05) is 57.3 Å². The molecule has 60 heavy (non-hydrogen) atoms. The van der Waals surface area contributed by atoms with Crippen LogP contribution in [0, 0.1) is 0 Å². The maximum atomic E-state index is 4.71. The van der Waals surface area contributed by atoms with Crippen LogP contribution in [0.2, 0.25) is 0 Å². The number of thiophene rings is 1. The minimum Gasteiger partial charge on any atom is -0.274 e. The third-order valence-corrected chi connectivity index (χ3v) is 13.2. The quantitative estimate of drug-likeness (QED) is 0.166. The highest BCUT2D eigenvalue weighted by Crippen LogP contribution is 2.41. The molecule has 0 saturated carbocycles. The fraction of sp³-hybridized carbons (Fsp3) is 0. The van der Waals surface area contributed by atoms with Crippen molar-refractivity contribution in [2.24, 2.45) is 0 Å². The molecule has 0 radical (unpaired) electrons. The van der Waals surface area contributed by atoms with E-state index < -0.39 is 0 Å². The summed E-state index contributed by atoms with van der Waals surface area (Å²) in [6, 6.07) is 65.9. The normalized spacial score (nSPS) is 11.8. The predicted octanol–water partition coefficient (Wildman–Crippen LogP) is 14.2. The molecule has 0 atom stereocenters. The van der Waals surface area contributed by atoms with Crippen molar-refractivity contribution >= 4 is 102 Å². The highest BCUT2D eigenvalue weighted by molar-refractivity contribution is 9.10. The average molecular weight is 852 g/mol. The highest BCUT2D eigenvalue weighted by atomic mass is 79.9. The fourth-order valence-electron chi connectivity index (χ4n) is 8.79. The molecule has 0 amide bonds. The zero-order valence-corrected chi connectivity index (χ0v) is 34.3. The molecule has 13 rings (SSSR count). The Balaban J connectivity index is 0.000000140. The van der Waals surface area contributed by atoms with E-state index in [0.29, 0.717) is 0 Å². The first-order valence-corrected chi connectivity index (χ1v) is 21.4. The number of para-hydroxylation sites is 2. The SMILES string of the molecule is Brc1cccc(-c2nnc3c4ccccc4c4ccccc4n23)c1.c1cc(-c2cccc3c2sc2ccccc23)cc(-c2nnc3c4ccccc4c4ccccc4n23)c1. The van der Waals surface area contributed by atoms with Crippen molar-refractivity contribution in [3.05, 3.63) is 193 Å². The third kappa shape index (κ3) is 5.45. The van der Waals surface area contributed by atoms with Gasteiger partial charge in [0.1, 0.15) is 0 Å². The Kier molecular flexibility index (Phi) is 8.08. The number of hydrogen-bond acceptors (Lipinski definition) is 5. The zero-order valence-electron chi connectivity index (χ0n) is 31.9. The van der Waals surface area contributed by atoms with Crippen molar-refractivity contribution in [1.82, 2.24) is 29.2 Å². The molecule has 5 heterocycles. The average Bonchev–Trinajstić information content (AvgIpc) is 4.06. The minimum absolute atomic E-state index is 0.855. The molecule has 0 N–H and O–H groups in total. The maximum absolute atomic E-state index is 4.71. The summed E-state index contributed by atoms with van der Waals surface area (Å²) >= 11 is 5.40. The number of rotatable bonds is 3. The lowest BCUT2D eigenvalue weighted by Gasteiger charge is -2.10. The lowest BCUT2D eigenvalue weighted by molar-refractivity contribution is 1.12. The number of hydrogen-bond donors (Lipinski definition) is 0. The second-order valence-electron chi connectivity index (χ2n) is 14.9. The summed E-state index contributed by atoms with van der Waals surface area (Å²) in [6.07, 6.45) is 0. The summed E-state index contributed by atoms with van der Waals surface area (Å²) in [5.41, 5.74) is 8.53. The van der Waals surface area contributed by atoms with Crippen molar-refractivity contribution in [2.75, 3.05) is 0 Å². The van der Waals surface area contributed by atoms with Crippen molar-refractivity contribution in [2.45, 2.75) is 0 Å². The van der Waals surface area contributed by atoms with E-state index in [4.69, 9.17) is 5.10 Å². The summed E-state index contributed by atoms with van der Waals surface area (Å²) in [5, 5.41) is 28.0. The lowest BCUT2D eigenvalue weighted by Crippen LogP contribution is -1.94. The van der Waals surface area contributed by atoms with Crippen LogP contribution in [0.4, 0.5) is 0 Å². The molecule has 0 aliphatic heterocycles. The third-order valence-electron chi connectivity index (χ3n) is 11.5. The van der Waals surface area contributed by atoms with E-state index in [1.54, 1.807) is 0 Å². The van der Waals surface area contributed by atoms with Gasteiger partial charge in [0.25, 0.3) is 0 Å². The number of fused-ring (bicyclic) bond motifs is 15. The molecule has 13 aromatic rings. The number of aromatic nitrogens is 6. The Hall–Kier alpha value is -7.26. The molecule has 0 saturated heterocycles. The van der Waals surface area contributed by atoms with Crippen molar-refractivity contribution in [1.29, 1.82) is 0 Å². The first kappa shape index (κ1) is 34.8. The number of halogens is 1. The van der Waals surface area contributed by atoms with Gasteiger partial charge in [-0.05, 0) is 58.3 Å². The van der Waals surface area contributed by atoms with E-state index in [9.17, 15) is 0 Å². The molecule has 0 unspecified atom stereocenters. The van der Waals surface area contributed by atoms with Gasteiger partial charge < -0.3 is 0 Å². The Morgan fingerprint density at radius 1 is 0.367 bits per heavy atom. The van der Waals surface area contributed by atoms with E-state index in [1.807, 2.05) is 29.5 Å². The van der Waals surface area contributed by atoms with Crippen LogP contribution in [0.25, 0.3) is 109 Å². The second kappa shape index (κ2) is 13.9. The molecule has 8 aromatic carbocycles. The van der Waals surface area contributed by atoms with Crippen LogP contribution in [-0.4, -0.2) is 29.2 Å². The van der Waals surface area contributed by atoms with Gasteiger partial charge >= 0.3 is 0 Å². The summed E-state index contributed by atoms with van der Waals surface area (Å²) in [5.74, 6) is 1.71. The minimum atomic E-state index is 0.855.